The average molecular weight is 362 g/mol. The molecular formula is C17H16ClN3O2S. The third-order valence-electron chi connectivity index (χ3n) is 3.98. The van der Waals surface area contributed by atoms with Crippen molar-refractivity contribution in [3.05, 3.63) is 67.5 Å². The molecule has 3 rings (SSSR count). The molecule has 124 valence electrons. The Morgan fingerprint density at radius 2 is 1.96 bits per heavy atom. The topological polar surface area (TPSA) is 63.5 Å². The highest BCUT2D eigenvalue weighted by molar-refractivity contribution is 7.17. The monoisotopic (exact) mass is 361 g/mol. The number of halogens is 1. The van der Waals surface area contributed by atoms with Crippen molar-refractivity contribution < 1.29 is 4.79 Å². The van der Waals surface area contributed by atoms with Gasteiger partial charge in [0.1, 0.15) is 5.56 Å². The number of carbonyl (C=O) groups is 1. The molecule has 1 unspecified atom stereocenters. The van der Waals surface area contributed by atoms with Crippen molar-refractivity contribution in [1.82, 2.24) is 14.7 Å². The maximum atomic E-state index is 12.6. The molecule has 2 heterocycles. The van der Waals surface area contributed by atoms with Crippen LogP contribution in [0.2, 0.25) is 5.02 Å². The van der Waals surface area contributed by atoms with Crippen LogP contribution in [0.4, 0.5) is 0 Å². The molecule has 0 fully saturated rings. The smallest absolute Gasteiger partial charge is 0.271 e. The standard InChI is InChI=1S/C17H16ClN3O2S/c1-9(12-4-6-13(18)7-5-12)20-15(22)14-8-19-17-21(16(14)23)10(2)11(3)24-17/h4-9H,1-3H3,(H,20,22). The lowest BCUT2D eigenvalue weighted by molar-refractivity contribution is 0.0938. The van der Waals surface area contributed by atoms with Crippen LogP contribution in [0.5, 0.6) is 0 Å². The molecule has 3 aromatic rings. The Hall–Kier alpha value is -2.18. The van der Waals surface area contributed by atoms with Gasteiger partial charge in [0.15, 0.2) is 4.96 Å². The van der Waals surface area contributed by atoms with E-state index in [0.717, 1.165) is 16.1 Å². The molecule has 1 atom stereocenters. The first kappa shape index (κ1) is 16.7. The summed E-state index contributed by atoms with van der Waals surface area (Å²) in [6.07, 6.45) is 1.34. The van der Waals surface area contributed by atoms with Crippen LogP contribution in [-0.4, -0.2) is 15.3 Å². The number of nitrogens with one attached hydrogen (secondary N) is 1. The van der Waals surface area contributed by atoms with Gasteiger partial charge in [-0.25, -0.2) is 4.98 Å². The zero-order valence-electron chi connectivity index (χ0n) is 13.5. The van der Waals surface area contributed by atoms with Gasteiger partial charge < -0.3 is 5.32 Å². The van der Waals surface area contributed by atoms with E-state index < -0.39 is 5.91 Å². The van der Waals surface area contributed by atoms with Crippen LogP contribution in [0, 0.1) is 13.8 Å². The van der Waals surface area contributed by atoms with Gasteiger partial charge in [-0.2, -0.15) is 0 Å². The van der Waals surface area contributed by atoms with Crippen LogP contribution in [0.25, 0.3) is 4.96 Å². The Morgan fingerprint density at radius 1 is 1.29 bits per heavy atom. The molecule has 5 nitrogen and oxygen atoms in total. The number of benzene rings is 1. The molecule has 2 aromatic heterocycles. The normalized spacial score (nSPS) is 12.3. The summed E-state index contributed by atoms with van der Waals surface area (Å²) in [7, 11) is 0. The summed E-state index contributed by atoms with van der Waals surface area (Å²) in [5, 5.41) is 3.46. The van der Waals surface area contributed by atoms with Crippen molar-refractivity contribution >= 4 is 33.8 Å². The van der Waals surface area contributed by atoms with E-state index in [1.165, 1.54) is 21.9 Å². The summed E-state index contributed by atoms with van der Waals surface area (Å²) in [5.41, 5.74) is 1.41. The van der Waals surface area contributed by atoms with Crippen LogP contribution in [0.15, 0.2) is 35.3 Å². The molecule has 0 bridgehead atoms. The van der Waals surface area contributed by atoms with Crippen LogP contribution in [0.1, 0.15) is 39.5 Å². The third-order valence-corrected chi connectivity index (χ3v) is 5.30. The number of carbonyl (C=O) groups excluding carboxylic acids is 1. The molecule has 7 heteroatoms. The van der Waals surface area contributed by atoms with Gasteiger partial charge in [0.2, 0.25) is 0 Å². The molecule has 1 aromatic carbocycles. The van der Waals surface area contributed by atoms with Crippen LogP contribution in [-0.2, 0) is 0 Å². The highest BCUT2D eigenvalue weighted by atomic mass is 35.5. The zero-order valence-corrected chi connectivity index (χ0v) is 15.0. The van der Waals surface area contributed by atoms with E-state index >= 15 is 0 Å². The Balaban J connectivity index is 1.91. The van der Waals surface area contributed by atoms with E-state index in [2.05, 4.69) is 10.3 Å². The van der Waals surface area contributed by atoms with Crippen LogP contribution < -0.4 is 10.9 Å². The first-order chi connectivity index (χ1) is 11.4. The van der Waals surface area contributed by atoms with E-state index in [0.29, 0.717) is 9.98 Å². The third kappa shape index (κ3) is 2.95. The second-order valence-electron chi connectivity index (χ2n) is 5.59. The van der Waals surface area contributed by atoms with Gasteiger partial charge in [-0.15, -0.1) is 11.3 Å². The summed E-state index contributed by atoms with van der Waals surface area (Å²) in [6, 6.07) is 6.96. The highest BCUT2D eigenvalue weighted by Gasteiger charge is 2.18. The van der Waals surface area contributed by atoms with Crippen LogP contribution in [0.3, 0.4) is 0 Å². The minimum Gasteiger partial charge on any atom is -0.345 e. The number of hydrogen-bond acceptors (Lipinski definition) is 4. The van der Waals surface area contributed by atoms with E-state index in [1.807, 2.05) is 32.9 Å². The van der Waals surface area contributed by atoms with Crippen molar-refractivity contribution in [3.63, 3.8) is 0 Å². The average Bonchev–Trinajstić information content (AvgIpc) is 2.83. The fourth-order valence-corrected chi connectivity index (χ4v) is 3.50. The molecule has 0 saturated heterocycles. The molecule has 1 N–H and O–H groups in total. The minimum absolute atomic E-state index is 0.0363. The molecule has 0 aliphatic rings. The second-order valence-corrected chi connectivity index (χ2v) is 7.20. The lowest BCUT2D eigenvalue weighted by Crippen LogP contribution is -2.33. The first-order valence-corrected chi connectivity index (χ1v) is 8.62. The second kappa shape index (κ2) is 6.37. The van der Waals surface area contributed by atoms with E-state index in [9.17, 15) is 9.59 Å². The molecule has 0 aliphatic heterocycles. The molecule has 1 amide bonds. The quantitative estimate of drug-likeness (QED) is 0.776. The van der Waals surface area contributed by atoms with Gasteiger partial charge in [-0.05, 0) is 38.5 Å². The summed E-state index contributed by atoms with van der Waals surface area (Å²) < 4.78 is 1.49. The van der Waals surface area contributed by atoms with Gasteiger partial charge in [0, 0.05) is 21.8 Å². The fraction of sp³-hybridized carbons (Fsp3) is 0.235. The molecular weight excluding hydrogens is 346 g/mol. The zero-order chi connectivity index (χ0) is 17.4. The van der Waals surface area contributed by atoms with Gasteiger partial charge in [0.05, 0.1) is 6.04 Å². The van der Waals surface area contributed by atoms with E-state index in [4.69, 9.17) is 11.6 Å². The van der Waals surface area contributed by atoms with Gasteiger partial charge >= 0.3 is 0 Å². The number of nitrogens with zero attached hydrogens (tertiary/aromatic N) is 2. The van der Waals surface area contributed by atoms with E-state index in [-0.39, 0.29) is 17.2 Å². The summed E-state index contributed by atoms with van der Waals surface area (Å²) in [6.45, 7) is 5.63. The molecule has 0 saturated carbocycles. The first-order valence-electron chi connectivity index (χ1n) is 7.42. The lowest BCUT2D eigenvalue weighted by atomic mass is 10.1. The SMILES string of the molecule is Cc1sc2ncc(C(=O)NC(C)c3ccc(Cl)cc3)c(=O)n2c1C. The number of aromatic nitrogens is 2. The summed E-state index contributed by atoms with van der Waals surface area (Å²) >= 11 is 7.31. The Bertz CT molecular complexity index is 976. The Labute approximate surface area is 147 Å². The van der Waals surface area contributed by atoms with Crippen LogP contribution >= 0.6 is 22.9 Å². The van der Waals surface area contributed by atoms with Crippen molar-refractivity contribution in [2.45, 2.75) is 26.8 Å². The lowest BCUT2D eigenvalue weighted by Gasteiger charge is -2.14. The predicted octanol–water partition coefficient (Wildman–Crippen LogP) is 3.52. The highest BCUT2D eigenvalue weighted by Crippen LogP contribution is 2.19. The fourth-order valence-electron chi connectivity index (χ4n) is 2.44. The van der Waals surface area contributed by atoms with Crippen molar-refractivity contribution in [1.29, 1.82) is 0 Å². The van der Waals surface area contributed by atoms with Crippen molar-refractivity contribution in [2.24, 2.45) is 0 Å². The number of fused-ring (bicyclic) bond motifs is 1. The van der Waals surface area contributed by atoms with Gasteiger partial charge in [0.25, 0.3) is 11.5 Å². The number of rotatable bonds is 3. The predicted molar refractivity (Wildman–Crippen MR) is 96.1 cm³/mol. The maximum absolute atomic E-state index is 12.6. The number of aryl methyl sites for hydroxylation is 2. The summed E-state index contributed by atoms with van der Waals surface area (Å²) in [4.78, 5) is 30.9. The number of hydrogen-bond donors (Lipinski definition) is 1. The van der Waals surface area contributed by atoms with Crippen molar-refractivity contribution in [2.75, 3.05) is 0 Å². The van der Waals surface area contributed by atoms with Gasteiger partial charge in [-0.3, -0.25) is 14.0 Å². The molecule has 0 radical (unpaired) electrons. The number of thiazole rings is 1. The maximum Gasteiger partial charge on any atom is 0.271 e. The van der Waals surface area contributed by atoms with Crippen molar-refractivity contribution in [3.8, 4) is 0 Å². The molecule has 0 spiro atoms. The summed E-state index contributed by atoms with van der Waals surface area (Å²) in [5.74, 6) is -0.437. The Morgan fingerprint density at radius 3 is 2.62 bits per heavy atom. The van der Waals surface area contributed by atoms with E-state index in [1.54, 1.807) is 12.1 Å². The number of amides is 1. The molecule has 0 aliphatic carbocycles. The largest absolute Gasteiger partial charge is 0.345 e. The minimum atomic E-state index is -0.437. The van der Waals surface area contributed by atoms with Gasteiger partial charge in [-0.1, -0.05) is 23.7 Å². The molecule has 24 heavy (non-hydrogen) atoms. The Kier molecular flexibility index (Phi) is 4.43.